The van der Waals surface area contributed by atoms with E-state index in [1.807, 2.05) is 12.1 Å². The Hall–Kier alpha value is -1.83. The number of carbonyl (C=O) groups is 1. The van der Waals surface area contributed by atoms with Gasteiger partial charge < -0.3 is 4.74 Å². The topological polar surface area (TPSA) is 26.3 Å². The molecular weight excluding hydrogens is 236 g/mol. The van der Waals surface area contributed by atoms with Gasteiger partial charge in [0.05, 0.1) is 7.11 Å². The Kier molecular flexibility index (Phi) is 3.02. The van der Waals surface area contributed by atoms with Crippen molar-refractivity contribution < 1.29 is 9.53 Å². The van der Waals surface area contributed by atoms with E-state index in [0.29, 0.717) is 0 Å². The molecule has 0 spiro atoms. The van der Waals surface area contributed by atoms with E-state index >= 15 is 0 Å². The van der Waals surface area contributed by atoms with Crippen molar-refractivity contribution >= 4 is 12.0 Å². The maximum Gasteiger partial charge on any atom is 0.330 e. The van der Waals surface area contributed by atoms with Crippen molar-refractivity contribution in [3.63, 3.8) is 0 Å². The third-order valence-electron chi connectivity index (χ3n) is 4.37. The molecule has 1 aromatic rings. The second-order valence-corrected chi connectivity index (χ2v) is 5.46. The molecule has 2 aliphatic carbocycles. The molecule has 0 N–H and O–H groups in total. The Labute approximate surface area is 113 Å². The van der Waals surface area contributed by atoms with Gasteiger partial charge in [-0.3, -0.25) is 0 Å². The van der Waals surface area contributed by atoms with Crippen LogP contribution < -0.4 is 0 Å². The summed E-state index contributed by atoms with van der Waals surface area (Å²) >= 11 is 0. The molecule has 0 saturated heterocycles. The molecule has 19 heavy (non-hydrogen) atoms. The summed E-state index contributed by atoms with van der Waals surface area (Å²) in [6.07, 6.45) is 11.8. The van der Waals surface area contributed by atoms with E-state index in [0.717, 1.165) is 11.5 Å². The molecule has 1 saturated carbocycles. The molecular formula is C17H18O2. The highest BCUT2D eigenvalue weighted by atomic mass is 16.5. The Morgan fingerprint density at radius 1 is 1.42 bits per heavy atom. The van der Waals surface area contributed by atoms with E-state index in [1.165, 1.54) is 38.0 Å². The average Bonchev–Trinajstić information content (AvgIpc) is 3.06. The van der Waals surface area contributed by atoms with E-state index < -0.39 is 0 Å². The van der Waals surface area contributed by atoms with Crippen molar-refractivity contribution in [3.8, 4) is 0 Å². The lowest BCUT2D eigenvalue weighted by Gasteiger charge is -2.26. The molecule has 1 fully saturated rings. The third-order valence-corrected chi connectivity index (χ3v) is 4.37. The van der Waals surface area contributed by atoms with Gasteiger partial charge in [0.2, 0.25) is 0 Å². The molecule has 0 aliphatic heterocycles. The number of methoxy groups -OCH3 is 1. The van der Waals surface area contributed by atoms with Crippen LogP contribution in [0.1, 0.15) is 30.4 Å². The summed E-state index contributed by atoms with van der Waals surface area (Å²) in [5.41, 5.74) is 2.66. The highest BCUT2D eigenvalue weighted by Crippen LogP contribution is 2.51. The normalized spacial score (nSPS) is 28.2. The molecule has 2 atom stereocenters. The van der Waals surface area contributed by atoms with Crippen LogP contribution in [0.15, 0.2) is 42.5 Å². The van der Waals surface area contributed by atoms with Crippen LogP contribution in [0.25, 0.3) is 6.08 Å². The van der Waals surface area contributed by atoms with E-state index in [9.17, 15) is 4.79 Å². The lowest BCUT2D eigenvalue weighted by molar-refractivity contribution is -0.134. The number of hydrogen-bond donors (Lipinski definition) is 0. The molecule has 2 bridgehead atoms. The van der Waals surface area contributed by atoms with Crippen molar-refractivity contribution in [1.82, 2.24) is 0 Å². The third kappa shape index (κ3) is 2.12. The number of allylic oxidation sites excluding steroid dienone is 2. The molecule has 0 radical (unpaired) electrons. The van der Waals surface area contributed by atoms with Gasteiger partial charge in [0, 0.05) is 11.5 Å². The summed E-state index contributed by atoms with van der Waals surface area (Å²) in [4.78, 5) is 11.3. The SMILES string of the molecule is COC(=O)C=Cc1ccccc1C12C=CC(CC1)C2. The van der Waals surface area contributed by atoms with Crippen LogP contribution in [-0.4, -0.2) is 13.1 Å². The van der Waals surface area contributed by atoms with E-state index in [-0.39, 0.29) is 11.4 Å². The van der Waals surface area contributed by atoms with E-state index in [4.69, 9.17) is 0 Å². The minimum absolute atomic E-state index is 0.196. The van der Waals surface area contributed by atoms with E-state index in [2.05, 4.69) is 35.1 Å². The number of carbonyl (C=O) groups excluding carboxylic acids is 1. The zero-order valence-electron chi connectivity index (χ0n) is 11.1. The molecule has 2 aliphatic rings. The zero-order valence-corrected chi connectivity index (χ0v) is 11.1. The van der Waals surface area contributed by atoms with Crippen LogP contribution in [0, 0.1) is 5.92 Å². The minimum Gasteiger partial charge on any atom is -0.466 e. The zero-order chi connectivity index (χ0) is 13.3. The van der Waals surface area contributed by atoms with Gasteiger partial charge in [0.1, 0.15) is 0 Å². The predicted molar refractivity (Wildman–Crippen MR) is 75.7 cm³/mol. The highest BCUT2D eigenvalue weighted by molar-refractivity contribution is 5.87. The van der Waals surface area contributed by atoms with Gasteiger partial charge >= 0.3 is 5.97 Å². The van der Waals surface area contributed by atoms with Crippen molar-refractivity contribution in [2.45, 2.75) is 24.7 Å². The smallest absolute Gasteiger partial charge is 0.330 e. The van der Waals surface area contributed by atoms with Crippen molar-refractivity contribution in [1.29, 1.82) is 0 Å². The second kappa shape index (κ2) is 4.69. The van der Waals surface area contributed by atoms with E-state index in [1.54, 1.807) is 0 Å². The van der Waals surface area contributed by atoms with Gasteiger partial charge in [-0.05, 0) is 42.4 Å². The summed E-state index contributed by atoms with van der Waals surface area (Å²) in [6.45, 7) is 0. The summed E-state index contributed by atoms with van der Waals surface area (Å²) in [5.74, 6) is 0.441. The molecule has 2 nitrogen and oxygen atoms in total. The first kappa shape index (κ1) is 12.2. The molecule has 0 heterocycles. The standard InChI is InChI=1S/C17H18O2/c1-19-16(18)7-6-14-4-2-3-5-15(14)17-10-8-13(12-17)9-11-17/h2-8,10,13H,9,11-12H2,1H3. The summed E-state index contributed by atoms with van der Waals surface area (Å²) in [7, 11) is 1.40. The van der Waals surface area contributed by atoms with Gasteiger partial charge in [-0.25, -0.2) is 4.79 Å². The van der Waals surface area contributed by atoms with Gasteiger partial charge in [-0.2, -0.15) is 0 Å². The largest absolute Gasteiger partial charge is 0.466 e. The summed E-state index contributed by atoms with van der Waals surface area (Å²) in [5, 5.41) is 0. The molecule has 3 rings (SSSR count). The first-order chi connectivity index (χ1) is 9.23. The quantitative estimate of drug-likeness (QED) is 0.469. The number of ether oxygens (including phenoxy) is 1. The van der Waals surface area contributed by atoms with Crippen molar-refractivity contribution in [3.05, 3.63) is 53.6 Å². The molecule has 2 heteroatoms. The van der Waals surface area contributed by atoms with Gasteiger partial charge in [-0.1, -0.05) is 36.4 Å². The minimum atomic E-state index is -0.307. The fraction of sp³-hybridized carbons (Fsp3) is 0.353. The van der Waals surface area contributed by atoms with Gasteiger partial charge in [-0.15, -0.1) is 0 Å². The van der Waals surface area contributed by atoms with Crippen LogP contribution in [-0.2, 0) is 14.9 Å². The fourth-order valence-corrected chi connectivity index (χ4v) is 3.41. The Morgan fingerprint density at radius 2 is 2.26 bits per heavy atom. The van der Waals surface area contributed by atoms with Crippen LogP contribution in [0.2, 0.25) is 0 Å². The average molecular weight is 254 g/mol. The maximum absolute atomic E-state index is 11.3. The van der Waals surface area contributed by atoms with Crippen LogP contribution in [0.4, 0.5) is 0 Å². The molecule has 98 valence electrons. The van der Waals surface area contributed by atoms with Crippen molar-refractivity contribution in [2.24, 2.45) is 5.92 Å². The van der Waals surface area contributed by atoms with Gasteiger partial charge in [0.25, 0.3) is 0 Å². The Balaban J connectivity index is 1.96. The number of fused-ring (bicyclic) bond motifs is 2. The Morgan fingerprint density at radius 3 is 2.89 bits per heavy atom. The van der Waals surface area contributed by atoms with Crippen molar-refractivity contribution in [2.75, 3.05) is 7.11 Å². The number of hydrogen-bond acceptors (Lipinski definition) is 2. The first-order valence-electron chi connectivity index (χ1n) is 6.78. The Bertz CT molecular complexity index is 556. The monoisotopic (exact) mass is 254 g/mol. The summed E-state index contributed by atoms with van der Waals surface area (Å²) < 4.78 is 4.66. The maximum atomic E-state index is 11.3. The van der Waals surface area contributed by atoms with Crippen LogP contribution >= 0.6 is 0 Å². The van der Waals surface area contributed by atoms with Crippen LogP contribution in [0.5, 0.6) is 0 Å². The van der Waals surface area contributed by atoms with Gasteiger partial charge in [0.15, 0.2) is 0 Å². The molecule has 0 amide bonds. The number of rotatable bonds is 3. The lowest BCUT2D eigenvalue weighted by atomic mass is 9.78. The lowest BCUT2D eigenvalue weighted by Crippen LogP contribution is -2.18. The fourth-order valence-electron chi connectivity index (χ4n) is 3.41. The highest BCUT2D eigenvalue weighted by Gasteiger charge is 2.42. The predicted octanol–water partition coefficient (Wildman–Crippen LogP) is 3.48. The molecule has 0 aromatic heterocycles. The summed E-state index contributed by atoms with van der Waals surface area (Å²) in [6, 6.07) is 8.36. The van der Waals surface area contributed by atoms with Crippen LogP contribution in [0.3, 0.4) is 0 Å². The first-order valence-corrected chi connectivity index (χ1v) is 6.78. The number of esters is 1. The number of benzene rings is 1. The molecule has 2 unspecified atom stereocenters. The molecule has 1 aromatic carbocycles. The second-order valence-electron chi connectivity index (χ2n) is 5.46.